The van der Waals surface area contributed by atoms with Crippen molar-refractivity contribution in [1.82, 2.24) is 9.62 Å². The molecule has 23 heavy (non-hydrogen) atoms. The van der Waals surface area contributed by atoms with E-state index in [1.807, 2.05) is 0 Å². The van der Waals surface area contributed by atoms with Gasteiger partial charge in [0.15, 0.2) is 0 Å². The van der Waals surface area contributed by atoms with Crippen molar-refractivity contribution in [3.8, 4) is 0 Å². The molecule has 2 unspecified atom stereocenters. The molecule has 0 aromatic carbocycles. The van der Waals surface area contributed by atoms with Crippen LogP contribution in [0.25, 0.3) is 0 Å². The fourth-order valence-corrected chi connectivity index (χ4v) is 4.79. The van der Waals surface area contributed by atoms with Gasteiger partial charge in [0.1, 0.15) is 0 Å². The van der Waals surface area contributed by atoms with Gasteiger partial charge in [0.25, 0.3) is 0 Å². The van der Waals surface area contributed by atoms with Gasteiger partial charge in [-0.05, 0) is 32.1 Å². The lowest BCUT2D eigenvalue weighted by atomic mass is 9.99. The zero-order valence-corrected chi connectivity index (χ0v) is 15.0. The van der Waals surface area contributed by atoms with E-state index in [1.54, 1.807) is 0 Å². The highest BCUT2D eigenvalue weighted by Gasteiger charge is 2.34. The number of nitrogens with zero attached hydrogens (tertiary/aromatic N) is 1. The van der Waals surface area contributed by atoms with Crippen LogP contribution in [0, 0.1) is 5.92 Å². The second-order valence-electron chi connectivity index (χ2n) is 6.04. The molecule has 2 heterocycles. The van der Waals surface area contributed by atoms with Gasteiger partial charge in [-0.3, -0.25) is 4.79 Å². The van der Waals surface area contributed by atoms with E-state index in [9.17, 15) is 13.2 Å². The van der Waals surface area contributed by atoms with Gasteiger partial charge in [0.05, 0.1) is 17.8 Å². The number of ether oxygens (including phenoxy) is 1. The summed E-state index contributed by atoms with van der Waals surface area (Å²) in [4.78, 5) is 12.0. The average Bonchev–Trinajstić information content (AvgIpc) is 2.53. The highest BCUT2D eigenvalue weighted by Crippen LogP contribution is 2.22. The summed E-state index contributed by atoms with van der Waals surface area (Å²) in [6.45, 7) is 2.23. The summed E-state index contributed by atoms with van der Waals surface area (Å²) < 4.78 is 32.1. The fourth-order valence-electron chi connectivity index (χ4n) is 3.03. The molecule has 136 valence electrons. The first-order valence-corrected chi connectivity index (χ1v) is 9.71. The number of amides is 1. The number of nitrogens with one attached hydrogen (secondary N) is 1. The minimum absolute atomic E-state index is 0. The molecule has 2 rings (SSSR count). The average molecular weight is 370 g/mol. The molecule has 0 saturated carbocycles. The highest BCUT2D eigenvalue weighted by atomic mass is 35.5. The van der Waals surface area contributed by atoms with Crippen molar-refractivity contribution >= 4 is 28.3 Å². The van der Waals surface area contributed by atoms with Crippen LogP contribution in [-0.2, 0) is 19.6 Å². The minimum atomic E-state index is -3.37. The SMILES string of the molecule is Cl.NCCNC(=O)C1CCCN(S(=O)(=O)CC2CCCCO2)C1. The van der Waals surface area contributed by atoms with E-state index in [-0.39, 0.29) is 42.6 Å². The number of piperidine rings is 1. The van der Waals surface area contributed by atoms with Crippen molar-refractivity contribution in [1.29, 1.82) is 0 Å². The van der Waals surface area contributed by atoms with Gasteiger partial charge in [-0.2, -0.15) is 0 Å². The van der Waals surface area contributed by atoms with E-state index < -0.39 is 10.0 Å². The van der Waals surface area contributed by atoms with E-state index in [0.717, 1.165) is 25.7 Å². The Labute approximate surface area is 144 Å². The molecule has 0 bridgehead atoms. The van der Waals surface area contributed by atoms with E-state index in [1.165, 1.54) is 4.31 Å². The maximum atomic E-state index is 12.5. The van der Waals surface area contributed by atoms with Crippen molar-refractivity contribution in [2.24, 2.45) is 11.7 Å². The molecule has 7 nitrogen and oxygen atoms in total. The summed E-state index contributed by atoms with van der Waals surface area (Å²) in [6.07, 6.45) is 4.06. The summed E-state index contributed by atoms with van der Waals surface area (Å²) in [6, 6.07) is 0. The third-order valence-electron chi connectivity index (χ3n) is 4.26. The highest BCUT2D eigenvalue weighted by molar-refractivity contribution is 7.89. The first kappa shape index (κ1) is 20.6. The smallest absolute Gasteiger partial charge is 0.224 e. The Morgan fingerprint density at radius 3 is 2.70 bits per heavy atom. The molecule has 0 aliphatic carbocycles. The summed E-state index contributed by atoms with van der Waals surface area (Å²) in [5.74, 6) is -0.342. The van der Waals surface area contributed by atoms with Gasteiger partial charge in [0.2, 0.25) is 15.9 Å². The van der Waals surface area contributed by atoms with E-state index in [0.29, 0.717) is 32.7 Å². The molecule has 0 radical (unpaired) electrons. The summed E-state index contributed by atoms with van der Waals surface area (Å²) in [7, 11) is -3.37. The van der Waals surface area contributed by atoms with Crippen LogP contribution in [0.4, 0.5) is 0 Å². The second-order valence-corrected chi connectivity index (χ2v) is 8.06. The van der Waals surface area contributed by atoms with Crippen LogP contribution in [-0.4, -0.2) is 63.3 Å². The Balaban J connectivity index is 0.00000264. The van der Waals surface area contributed by atoms with Gasteiger partial charge in [-0.25, -0.2) is 12.7 Å². The van der Waals surface area contributed by atoms with Crippen molar-refractivity contribution < 1.29 is 17.9 Å². The van der Waals surface area contributed by atoms with Crippen LogP contribution in [0.1, 0.15) is 32.1 Å². The number of carbonyl (C=O) groups excluding carboxylic acids is 1. The topological polar surface area (TPSA) is 102 Å². The molecule has 2 atom stereocenters. The Hall–Kier alpha value is -0.410. The summed E-state index contributed by atoms with van der Waals surface area (Å²) >= 11 is 0. The number of hydrogen-bond acceptors (Lipinski definition) is 5. The molecular formula is C14H28ClN3O4S. The molecule has 2 aliphatic heterocycles. The van der Waals surface area contributed by atoms with Gasteiger partial charge in [-0.15, -0.1) is 12.4 Å². The second kappa shape index (κ2) is 9.78. The van der Waals surface area contributed by atoms with Gasteiger partial charge in [-0.1, -0.05) is 0 Å². The summed E-state index contributed by atoms with van der Waals surface area (Å²) in [5, 5.41) is 2.75. The minimum Gasteiger partial charge on any atom is -0.377 e. The van der Waals surface area contributed by atoms with Crippen LogP contribution >= 0.6 is 12.4 Å². The van der Waals surface area contributed by atoms with E-state index >= 15 is 0 Å². The Bertz CT molecular complexity index is 469. The lowest BCUT2D eigenvalue weighted by molar-refractivity contribution is -0.126. The molecule has 2 aliphatic rings. The first-order chi connectivity index (χ1) is 10.5. The fraction of sp³-hybridized carbons (Fsp3) is 0.929. The molecule has 0 spiro atoms. The predicted octanol–water partition coefficient (Wildman–Crippen LogP) is 0.0940. The molecule has 0 aromatic heterocycles. The zero-order chi connectivity index (χ0) is 16.0. The third kappa shape index (κ3) is 6.19. The Morgan fingerprint density at radius 1 is 1.26 bits per heavy atom. The van der Waals surface area contributed by atoms with Crippen molar-refractivity contribution in [2.45, 2.75) is 38.2 Å². The number of rotatable bonds is 6. The van der Waals surface area contributed by atoms with Gasteiger partial charge in [0, 0.05) is 32.8 Å². The van der Waals surface area contributed by atoms with Gasteiger partial charge < -0.3 is 15.8 Å². The standard InChI is InChI=1S/C14H27N3O4S.ClH/c15-6-7-16-14(18)12-4-3-8-17(10-12)22(19,20)11-13-5-1-2-9-21-13;/h12-13H,1-11,15H2,(H,16,18);1H. The zero-order valence-electron chi connectivity index (χ0n) is 13.4. The van der Waals surface area contributed by atoms with Crippen molar-refractivity contribution in [3.05, 3.63) is 0 Å². The normalized spacial score (nSPS) is 26.3. The Kier molecular flexibility index (Phi) is 8.78. The van der Waals surface area contributed by atoms with Crippen LogP contribution in [0.15, 0.2) is 0 Å². The maximum absolute atomic E-state index is 12.5. The number of sulfonamides is 1. The largest absolute Gasteiger partial charge is 0.377 e. The van der Waals surface area contributed by atoms with Crippen LogP contribution in [0.3, 0.4) is 0 Å². The van der Waals surface area contributed by atoms with E-state index in [2.05, 4.69) is 5.32 Å². The Morgan fingerprint density at radius 2 is 2.04 bits per heavy atom. The lowest BCUT2D eigenvalue weighted by Crippen LogP contribution is -2.48. The monoisotopic (exact) mass is 369 g/mol. The predicted molar refractivity (Wildman–Crippen MR) is 91.0 cm³/mol. The molecular weight excluding hydrogens is 342 g/mol. The van der Waals surface area contributed by atoms with Crippen LogP contribution in [0.2, 0.25) is 0 Å². The molecule has 1 amide bonds. The van der Waals surface area contributed by atoms with E-state index in [4.69, 9.17) is 10.5 Å². The first-order valence-electron chi connectivity index (χ1n) is 8.10. The number of nitrogens with two attached hydrogens (primary N) is 1. The third-order valence-corrected chi connectivity index (χ3v) is 6.17. The molecule has 2 saturated heterocycles. The van der Waals surface area contributed by atoms with Crippen molar-refractivity contribution in [2.75, 3.05) is 38.5 Å². The number of carbonyl (C=O) groups is 1. The molecule has 2 fully saturated rings. The molecule has 3 N–H and O–H groups in total. The van der Waals surface area contributed by atoms with Crippen molar-refractivity contribution in [3.63, 3.8) is 0 Å². The quantitative estimate of drug-likeness (QED) is 0.691. The van der Waals surface area contributed by atoms with Crippen LogP contribution < -0.4 is 11.1 Å². The lowest BCUT2D eigenvalue weighted by Gasteiger charge is -2.32. The molecule has 9 heteroatoms. The van der Waals surface area contributed by atoms with Crippen LogP contribution in [0.5, 0.6) is 0 Å². The number of hydrogen-bond donors (Lipinski definition) is 2. The number of halogens is 1. The van der Waals surface area contributed by atoms with Gasteiger partial charge >= 0.3 is 0 Å². The summed E-state index contributed by atoms with van der Waals surface area (Å²) in [5.41, 5.74) is 5.37. The molecule has 0 aromatic rings. The maximum Gasteiger partial charge on any atom is 0.224 e.